The lowest BCUT2D eigenvalue weighted by molar-refractivity contribution is 0.477. The Morgan fingerprint density at radius 1 is 0.593 bits per heavy atom. The number of halogens is 1. The lowest BCUT2D eigenvalue weighted by Gasteiger charge is -2.33. The molecule has 1 aliphatic heterocycles. The van der Waals surface area contributed by atoms with Crippen LogP contribution in [0.5, 0.6) is 11.5 Å². The van der Waals surface area contributed by atoms with Crippen LogP contribution in [0.1, 0.15) is 0 Å². The minimum Gasteiger partial charge on any atom is -0.453 e. The second-order valence-corrected chi connectivity index (χ2v) is 6.87. The zero-order valence-corrected chi connectivity index (χ0v) is 15.2. The van der Waals surface area contributed by atoms with E-state index in [2.05, 4.69) is 53.4 Å². The van der Waals surface area contributed by atoms with Crippen molar-refractivity contribution < 1.29 is 4.74 Å². The van der Waals surface area contributed by atoms with Gasteiger partial charge in [-0.15, -0.1) is 0 Å². The molecule has 0 aliphatic carbocycles. The van der Waals surface area contributed by atoms with E-state index in [1.165, 1.54) is 0 Å². The first-order valence-corrected chi connectivity index (χ1v) is 9.19. The highest BCUT2D eigenvalue weighted by Gasteiger charge is 2.25. The van der Waals surface area contributed by atoms with Crippen LogP contribution >= 0.6 is 11.6 Å². The molecule has 130 valence electrons. The van der Waals surface area contributed by atoms with E-state index in [0.717, 1.165) is 44.7 Å². The van der Waals surface area contributed by atoms with Gasteiger partial charge in [0.2, 0.25) is 0 Å². The highest BCUT2D eigenvalue weighted by Crippen LogP contribution is 2.51. The molecule has 0 N–H and O–H groups in total. The van der Waals surface area contributed by atoms with E-state index in [1.807, 2.05) is 48.5 Å². The molecule has 1 heterocycles. The van der Waals surface area contributed by atoms with Crippen LogP contribution in [0.25, 0.3) is 11.1 Å². The third-order valence-electron chi connectivity index (χ3n) is 4.72. The molecular weight excluding hydrogens is 354 g/mol. The fraction of sp³-hybridized carbons (Fsp3) is 0. The van der Waals surface area contributed by atoms with Crippen LogP contribution in [0.4, 0.5) is 17.1 Å². The molecule has 4 aromatic carbocycles. The highest BCUT2D eigenvalue weighted by atomic mass is 35.5. The Balaban J connectivity index is 1.66. The molecule has 0 atom stereocenters. The molecule has 0 radical (unpaired) electrons. The first kappa shape index (κ1) is 16.0. The average molecular weight is 370 g/mol. The van der Waals surface area contributed by atoms with Gasteiger partial charge in [0.15, 0.2) is 11.5 Å². The van der Waals surface area contributed by atoms with Gasteiger partial charge in [-0.2, -0.15) is 0 Å². The molecule has 4 aromatic rings. The molecule has 0 saturated heterocycles. The van der Waals surface area contributed by atoms with Gasteiger partial charge in [0, 0.05) is 10.7 Å². The monoisotopic (exact) mass is 369 g/mol. The highest BCUT2D eigenvalue weighted by molar-refractivity contribution is 6.30. The summed E-state index contributed by atoms with van der Waals surface area (Å²) in [7, 11) is 0. The molecule has 3 heteroatoms. The Bertz CT molecular complexity index is 1110. The van der Waals surface area contributed by atoms with Gasteiger partial charge in [-0.05, 0) is 59.7 Å². The zero-order valence-electron chi connectivity index (χ0n) is 14.5. The van der Waals surface area contributed by atoms with E-state index in [9.17, 15) is 0 Å². The summed E-state index contributed by atoms with van der Waals surface area (Å²) >= 11 is 6.03. The van der Waals surface area contributed by atoms with Crippen molar-refractivity contribution in [2.75, 3.05) is 4.90 Å². The van der Waals surface area contributed by atoms with Gasteiger partial charge in [-0.25, -0.2) is 0 Å². The largest absolute Gasteiger partial charge is 0.453 e. The number of hydrogen-bond acceptors (Lipinski definition) is 2. The number of ether oxygens (including phenoxy) is 1. The van der Waals surface area contributed by atoms with Crippen LogP contribution < -0.4 is 9.64 Å². The summed E-state index contributed by atoms with van der Waals surface area (Å²) in [5.41, 5.74) is 5.37. The van der Waals surface area contributed by atoms with Crippen molar-refractivity contribution in [1.82, 2.24) is 0 Å². The standard InChI is InChI=1S/C24H16ClNO/c25-19-13-10-17(11-14-19)18-12-15-22-24(16-18)27-23-9-5-4-8-21(23)26(22)20-6-2-1-3-7-20/h1-16H. The molecule has 0 aromatic heterocycles. The molecule has 2 nitrogen and oxygen atoms in total. The van der Waals surface area contributed by atoms with Gasteiger partial charge in [-0.1, -0.05) is 60.1 Å². The number of anilines is 3. The molecular formula is C24H16ClNO. The Morgan fingerprint density at radius 2 is 1.26 bits per heavy atom. The van der Waals surface area contributed by atoms with Gasteiger partial charge < -0.3 is 9.64 Å². The predicted molar refractivity (Wildman–Crippen MR) is 112 cm³/mol. The van der Waals surface area contributed by atoms with Crippen molar-refractivity contribution in [1.29, 1.82) is 0 Å². The van der Waals surface area contributed by atoms with Crippen molar-refractivity contribution in [2.45, 2.75) is 0 Å². The molecule has 0 bridgehead atoms. The topological polar surface area (TPSA) is 12.5 Å². The van der Waals surface area contributed by atoms with Crippen molar-refractivity contribution in [3.8, 4) is 22.6 Å². The fourth-order valence-corrected chi connectivity index (χ4v) is 3.56. The van der Waals surface area contributed by atoms with E-state index in [4.69, 9.17) is 16.3 Å². The van der Waals surface area contributed by atoms with Crippen molar-refractivity contribution in [2.24, 2.45) is 0 Å². The van der Waals surface area contributed by atoms with Crippen molar-refractivity contribution >= 4 is 28.7 Å². The van der Waals surface area contributed by atoms with Crippen LogP contribution in [-0.2, 0) is 0 Å². The summed E-state index contributed by atoms with van der Waals surface area (Å²) in [6.45, 7) is 0. The molecule has 0 amide bonds. The maximum absolute atomic E-state index is 6.25. The predicted octanol–water partition coefficient (Wildman–Crippen LogP) is 7.58. The molecule has 27 heavy (non-hydrogen) atoms. The van der Waals surface area contributed by atoms with E-state index < -0.39 is 0 Å². The lowest BCUT2D eigenvalue weighted by Crippen LogP contribution is -2.15. The maximum atomic E-state index is 6.25. The lowest BCUT2D eigenvalue weighted by atomic mass is 10.0. The minimum atomic E-state index is 0.733. The first-order valence-electron chi connectivity index (χ1n) is 8.82. The molecule has 0 fully saturated rings. The number of hydrogen-bond donors (Lipinski definition) is 0. The number of para-hydroxylation sites is 3. The van der Waals surface area contributed by atoms with Gasteiger partial charge in [0.25, 0.3) is 0 Å². The van der Waals surface area contributed by atoms with E-state index in [1.54, 1.807) is 0 Å². The van der Waals surface area contributed by atoms with E-state index in [0.29, 0.717) is 0 Å². The van der Waals surface area contributed by atoms with Crippen molar-refractivity contribution in [3.63, 3.8) is 0 Å². The maximum Gasteiger partial charge on any atom is 0.152 e. The van der Waals surface area contributed by atoms with Crippen LogP contribution in [0.3, 0.4) is 0 Å². The Morgan fingerprint density at radius 3 is 2.07 bits per heavy atom. The van der Waals surface area contributed by atoms with Gasteiger partial charge in [-0.3, -0.25) is 0 Å². The van der Waals surface area contributed by atoms with Crippen LogP contribution in [0.2, 0.25) is 5.02 Å². The summed E-state index contributed by atoms with van der Waals surface area (Å²) < 4.78 is 6.25. The summed E-state index contributed by atoms with van der Waals surface area (Å²) in [4.78, 5) is 2.24. The average Bonchev–Trinajstić information content (AvgIpc) is 2.73. The summed E-state index contributed by atoms with van der Waals surface area (Å²) in [6, 6.07) is 32.6. The number of benzene rings is 4. The Labute approximate surface area is 163 Å². The second-order valence-electron chi connectivity index (χ2n) is 6.43. The summed E-state index contributed by atoms with van der Waals surface area (Å²) in [5, 5.41) is 0.733. The molecule has 0 spiro atoms. The summed E-state index contributed by atoms with van der Waals surface area (Å²) in [5.74, 6) is 1.69. The van der Waals surface area contributed by atoms with Crippen LogP contribution in [-0.4, -0.2) is 0 Å². The number of rotatable bonds is 2. The number of fused-ring (bicyclic) bond motifs is 2. The second kappa shape index (κ2) is 6.49. The van der Waals surface area contributed by atoms with Crippen molar-refractivity contribution in [3.05, 3.63) is 102 Å². The first-order chi connectivity index (χ1) is 13.3. The van der Waals surface area contributed by atoms with E-state index in [-0.39, 0.29) is 0 Å². The Hall–Kier alpha value is -3.23. The smallest absolute Gasteiger partial charge is 0.152 e. The zero-order chi connectivity index (χ0) is 18.2. The molecule has 1 aliphatic rings. The SMILES string of the molecule is Clc1ccc(-c2ccc3c(c2)Oc2ccccc2N3c2ccccc2)cc1. The van der Waals surface area contributed by atoms with Gasteiger partial charge in [0.1, 0.15) is 0 Å². The minimum absolute atomic E-state index is 0.733. The molecule has 0 unspecified atom stereocenters. The van der Waals surface area contributed by atoms with Gasteiger partial charge in [0.05, 0.1) is 11.4 Å². The van der Waals surface area contributed by atoms with Gasteiger partial charge >= 0.3 is 0 Å². The molecule has 5 rings (SSSR count). The third kappa shape index (κ3) is 2.84. The Kier molecular flexibility index (Phi) is 3.84. The van der Waals surface area contributed by atoms with Crippen LogP contribution in [0.15, 0.2) is 97.1 Å². The third-order valence-corrected chi connectivity index (χ3v) is 4.97. The van der Waals surface area contributed by atoms with E-state index >= 15 is 0 Å². The normalized spacial score (nSPS) is 12.1. The fourth-order valence-electron chi connectivity index (χ4n) is 3.43. The quantitative estimate of drug-likeness (QED) is 0.318. The van der Waals surface area contributed by atoms with Crippen LogP contribution in [0, 0.1) is 0 Å². The molecule has 0 saturated carbocycles. The number of nitrogens with zero attached hydrogens (tertiary/aromatic N) is 1. The summed E-state index contributed by atoms with van der Waals surface area (Å²) in [6.07, 6.45) is 0.